The average Bonchev–Trinajstić information content (AvgIpc) is 3.35. The van der Waals surface area contributed by atoms with E-state index < -0.39 is 0 Å². The molecule has 0 aliphatic carbocycles. The average molecular weight is 511 g/mol. The first-order valence-electron chi connectivity index (χ1n) is 10.9. The number of carbonyl (C=O) groups excluding carboxylic acids is 1. The molecule has 2 N–H and O–H groups in total. The van der Waals surface area contributed by atoms with Gasteiger partial charge in [-0.2, -0.15) is 5.10 Å². The van der Waals surface area contributed by atoms with Crippen molar-refractivity contribution in [1.82, 2.24) is 25.1 Å². The number of carbonyl (C=O) groups is 1. The molecule has 0 aliphatic heterocycles. The lowest BCUT2D eigenvalue weighted by Crippen LogP contribution is -2.23. The molecular weight excluding hydrogens is 487 g/mol. The van der Waals surface area contributed by atoms with Crippen LogP contribution < -0.4 is 15.4 Å². The van der Waals surface area contributed by atoms with Crippen molar-refractivity contribution < 1.29 is 9.53 Å². The second-order valence-corrected chi connectivity index (χ2v) is 8.82. The van der Waals surface area contributed by atoms with Crippen LogP contribution in [-0.4, -0.2) is 32.8 Å². The number of aromatic nitrogens is 4. The molecule has 0 aliphatic rings. The number of methoxy groups -OCH3 is 1. The van der Waals surface area contributed by atoms with Crippen molar-refractivity contribution in [2.45, 2.75) is 26.4 Å². The summed E-state index contributed by atoms with van der Waals surface area (Å²) in [5.41, 5.74) is 3.23. The van der Waals surface area contributed by atoms with Gasteiger partial charge in [0.05, 0.1) is 35.8 Å². The highest BCUT2D eigenvalue weighted by Gasteiger charge is 2.15. The maximum Gasteiger partial charge on any atom is 0.255 e. The van der Waals surface area contributed by atoms with Gasteiger partial charge in [-0.3, -0.25) is 9.48 Å². The van der Waals surface area contributed by atoms with E-state index in [0.717, 1.165) is 11.1 Å². The summed E-state index contributed by atoms with van der Waals surface area (Å²) >= 11 is 12.5. The van der Waals surface area contributed by atoms with Crippen molar-refractivity contribution in [3.63, 3.8) is 0 Å². The Labute approximate surface area is 213 Å². The normalized spacial score (nSPS) is 10.9. The summed E-state index contributed by atoms with van der Waals surface area (Å²) in [6, 6.07) is 12.7. The summed E-state index contributed by atoms with van der Waals surface area (Å²) in [6.07, 6.45) is 5.14. The number of halogens is 2. The molecule has 35 heavy (non-hydrogen) atoms. The van der Waals surface area contributed by atoms with E-state index >= 15 is 0 Å². The second kappa shape index (κ2) is 10.8. The molecule has 4 rings (SSSR count). The van der Waals surface area contributed by atoms with Crippen LogP contribution in [-0.2, 0) is 6.54 Å². The number of anilines is 2. The first-order chi connectivity index (χ1) is 16.9. The van der Waals surface area contributed by atoms with Crippen LogP contribution in [0.15, 0.2) is 61.1 Å². The van der Waals surface area contributed by atoms with E-state index in [4.69, 9.17) is 27.9 Å². The second-order valence-electron chi connectivity index (χ2n) is 8.01. The minimum absolute atomic E-state index is 0.217. The summed E-state index contributed by atoms with van der Waals surface area (Å²) in [4.78, 5) is 21.6. The number of amides is 1. The van der Waals surface area contributed by atoms with E-state index in [0.29, 0.717) is 45.2 Å². The summed E-state index contributed by atoms with van der Waals surface area (Å²) < 4.78 is 7.29. The number of hydrogen-bond acceptors (Lipinski definition) is 6. The summed E-state index contributed by atoms with van der Waals surface area (Å²) in [7, 11) is 1.51. The van der Waals surface area contributed by atoms with E-state index in [1.54, 1.807) is 30.5 Å². The molecule has 0 saturated carbocycles. The van der Waals surface area contributed by atoms with Crippen LogP contribution in [0, 0.1) is 0 Å². The molecule has 10 heteroatoms. The maximum absolute atomic E-state index is 12.8. The van der Waals surface area contributed by atoms with Gasteiger partial charge in [0.25, 0.3) is 5.91 Å². The molecular formula is C25H24Cl2N6O2. The zero-order valence-corrected chi connectivity index (χ0v) is 20.9. The number of nitrogens with one attached hydrogen (secondary N) is 2. The van der Waals surface area contributed by atoms with Crippen molar-refractivity contribution in [2.24, 2.45) is 0 Å². The minimum atomic E-state index is -0.277. The van der Waals surface area contributed by atoms with Crippen LogP contribution in [0.4, 0.5) is 11.6 Å². The fourth-order valence-corrected chi connectivity index (χ4v) is 3.77. The number of nitrogens with zero attached hydrogens (tertiary/aromatic N) is 4. The molecule has 2 aromatic carbocycles. The molecule has 180 valence electrons. The third-order valence-corrected chi connectivity index (χ3v) is 5.89. The lowest BCUT2D eigenvalue weighted by molar-refractivity contribution is 0.0948. The molecule has 0 spiro atoms. The molecule has 0 unspecified atom stereocenters. The largest absolute Gasteiger partial charge is 0.496 e. The number of rotatable bonds is 8. The molecule has 0 bridgehead atoms. The van der Waals surface area contributed by atoms with Crippen LogP contribution in [0.1, 0.15) is 35.8 Å². The zero-order valence-electron chi connectivity index (χ0n) is 19.4. The lowest BCUT2D eigenvalue weighted by Gasteiger charge is -2.13. The maximum atomic E-state index is 12.8. The van der Waals surface area contributed by atoms with Crippen molar-refractivity contribution in [3.8, 4) is 17.0 Å². The molecule has 8 nitrogen and oxygen atoms in total. The SMILES string of the molecule is COc1cc(Nc2ncc(Cl)c(-c3cnn(C(C)C)c3)n2)ccc1C(=O)NCc1ccccc1Cl. The monoisotopic (exact) mass is 510 g/mol. The number of ether oxygens (including phenoxy) is 1. The van der Waals surface area contributed by atoms with E-state index in [1.807, 2.05) is 42.9 Å². The van der Waals surface area contributed by atoms with Gasteiger partial charge in [0.1, 0.15) is 5.75 Å². The Morgan fingerprint density at radius 2 is 1.91 bits per heavy atom. The van der Waals surface area contributed by atoms with E-state index in [9.17, 15) is 4.79 Å². The predicted octanol–water partition coefficient (Wildman–Crippen LogP) is 5.91. The van der Waals surface area contributed by atoms with Gasteiger partial charge in [-0.25, -0.2) is 9.97 Å². The highest BCUT2D eigenvalue weighted by molar-refractivity contribution is 6.33. The van der Waals surface area contributed by atoms with Crippen LogP contribution in [0.2, 0.25) is 10.0 Å². The highest BCUT2D eigenvalue weighted by Crippen LogP contribution is 2.29. The van der Waals surface area contributed by atoms with E-state index in [2.05, 4.69) is 25.7 Å². The van der Waals surface area contributed by atoms with Crippen LogP contribution >= 0.6 is 23.2 Å². The molecule has 1 amide bonds. The van der Waals surface area contributed by atoms with E-state index in [1.165, 1.54) is 13.3 Å². The Bertz CT molecular complexity index is 1360. The van der Waals surface area contributed by atoms with Gasteiger partial charge in [0.2, 0.25) is 5.95 Å². The van der Waals surface area contributed by atoms with Gasteiger partial charge in [0.15, 0.2) is 0 Å². The third-order valence-electron chi connectivity index (χ3n) is 5.25. The first-order valence-corrected chi connectivity index (χ1v) is 11.6. The zero-order chi connectivity index (χ0) is 24.9. The smallest absolute Gasteiger partial charge is 0.255 e. The molecule has 0 fully saturated rings. The van der Waals surface area contributed by atoms with Crippen molar-refractivity contribution in [2.75, 3.05) is 12.4 Å². The van der Waals surface area contributed by atoms with Gasteiger partial charge in [-0.15, -0.1) is 0 Å². The predicted molar refractivity (Wildman–Crippen MR) is 138 cm³/mol. The van der Waals surface area contributed by atoms with Crippen molar-refractivity contribution >= 4 is 40.7 Å². The standard InChI is InChI=1S/C25H24Cl2N6O2/c1-15(2)33-14-17(12-30-33)23-21(27)13-29-25(32-23)31-18-8-9-19(22(10-18)35-3)24(34)28-11-16-6-4-5-7-20(16)26/h4-10,12-15H,11H2,1-3H3,(H,28,34)(H,29,31,32). The Balaban J connectivity index is 1.51. The fraction of sp³-hybridized carbons (Fsp3) is 0.200. The van der Waals surface area contributed by atoms with Gasteiger partial charge in [0, 0.05) is 41.1 Å². The summed E-state index contributed by atoms with van der Waals surface area (Å²) in [5.74, 6) is 0.472. The van der Waals surface area contributed by atoms with Crippen LogP contribution in [0.5, 0.6) is 5.75 Å². The molecule has 2 aromatic heterocycles. The third kappa shape index (κ3) is 5.72. The fourth-order valence-electron chi connectivity index (χ4n) is 3.37. The van der Waals surface area contributed by atoms with Crippen LogP contribution in [0.25, 0.3) is 11.3 Å². The quantitative estimate of drug-likeness (QED) is 0.306. The molecule has 2 heterocycles. The Hall–Kier alpha value is -3.62. The van der Waals surface area contributed by atoms with Crippen molar-refractivity contribution in [3.05, 3.63) is 82.2 Å². The van der Waals surface area contributed by atoms with Crippen LogP contribution in [0.3, 0.4) is 0 Å². The van der Waals surface area contributed by atoms with Crippen molar-refractivity contribution in [1.29, 1.82) is 0 Å². The summed E-state index contributed by atoms with van der Waals surface area (Å²) in [6.45, 7) is 4.38. The van der Waals surface area contributed by atoms with Gasteiger partial charge in [-0.1, -0.05) is 41.4 Å². The Morgan fingerprint density at radius 3 is 2.63 bits per heavy atom. The molecule has 0 radical (unpaired) electrons. The number of benzene rings is 2. The molecule has 0 saturated heterocycles. The van der Waals surface area contributed by atoms with Gasteiger partial charge < -0.3 is 15.4 Å². The number of hydrogen-bond donors (Lipinski definition) is 2. The minimum Gasteiger partial charge on any atom is -0.496 e. The Kier molecular flexibility index (Phi) is 7.53. The molecule has 0 atom stereocenters. The van der Waals surface area contributed by atoms with E-state index in [-0.39, 0.29) is 11.9 Å². The van der Waals surface area contributed by atoms with Gasteiger partial charge in [-0.05, 0) is 37.6 Å². The first kappa shape index (κ1) is 24.5. The topological polar surface area (TPSA) is 94.0 Å². The summed E-state index contributed by atoms with van der Waals surface area (Å²) in [5, 5.41) is 11.4. The highest BCUT2D eigenvalue weighted by atomic mass is 35.5. The Morgan fingerprint density at radius 1 is 1.11 bits per heavy atom. The lowest BCUT2D eigenvalue weighted by atomic mass is 10.1. The van der Waals surface area contributed by atoms with Gasteiger partial charge >= 0.3 is 0 Å². The molecule has 4 aromatic rings.